The van der Waals surface area contributed by atoms with Gasteiger partial charge in [0.2, 0.25) is 0 Å². The number of carbonyl (C=O) groups excluding carboxylic acids is 2. The highest BCUT2D eigenvalue weighted by atomic mass is 19.1. The van der Waals surface area contributed by atoms with Crippen LogP contribution in [0.15, 0.2) is 54.6 Å². The molecule has 2 fully saturated rings. The van der Waals surface area contributed by atoms with Crippen LogP contribution in [0.3, 0.4) is 0 Å². The third-order valence-corrected chi connectivity index (χ3v) is 9.42. The first-order valence-corrected chi connectivity index (χ1v) is 14.9. The molecule has 42 heavy (non-hydrogen) atoms. The number of halogens is 1. The zero-order valence-corrected chi connectivity index (χ0v) is 24.3. The van der Waals surface area contributed by atoms with Crippen LogP contribution in [-0.4, -0.2) is 53.1 Å². The molecule has 0 N–H and O–H groups in total. The molecule has 216 valence electrons. The first-order valence-electron chi connectivity index (χ1n) is 14.9. The second-order valence-electron chi connectivity index (χ2n) is 11.9. The smallest absolute Gasteiger partial charge is 0.310 e. The molecule has 0 unspecified atom stereocenters. The van der Waals surface area contributed by atoms with Crippen LogP contribution in [0.2, 0.25) is 0 Å². The number of ether oxygens (including phenoxy) is 1. The maximum atomic E-state index is 15.7. The normalized spacial score (nSPS) is 20.2. The van der Waals surface area contributed by atoms with Gasteiger partial charge in [0.05, 0.1) is 35.7 Å². The van der Waals surface area contributed by atoms with Gasteiger partial charge in [-0.05, 0) is 85.5 Å². The maximum absolute atomic E-state index is 15.7. The fourth-order valence-corrected chi connectivity index (χ4v) is 6.83. The van der Waals surface area contributed by atoms with Crippen LogP contribution in [0.4, 0.5) is 10.1 Å². The molecule has 2 aliphatic heterocycles. The number of nitrogens with zero attached hydrogens (tertiary/aromatic N) is 4. The minimum atomic E-state index is -0.363. The van der Waals surface area contributed by atoms with E-state index in [1.807, 2.05) is 45.7 Å². The molecule has 1 saturated carbocycles. The third-order valence-electron chi connectivity index (χ3n) is 9.42. The third kappa shape index (κ3) is 4.44. The fourth-order valence-electron chi connectivity index (χ4n) is 6.83. The van der Waals surface area contributed by atoms with E-state index in [0.717, 1.165) is 41.5 Å². The number of anilines is 1. The van der Waals surface area contributed by atoms with Crippen molar-refractivity contribution in [3.8, 4) is 11.4 Å². The van der Waals surface area contributed by atoms with Gasteiger partial charge in [-0.3, -0.25) is 9.59 Å². The van der Waals surface area contributed by atoms with Crippen LogP contribution in [0.25, 0.3) is 22.4 Å². The van der Waals surface area contributed by atoms with Crippen molar-refractivity contribution in [2.45, 2.75) is 44.6 Å². The van der Waals surface area contributed by atoms with Crippen molar-refractivity contribution >= 4 is 28.6 Å². The Kier molecular flexibility index (Phi) is 6.52. The Morgan fingerprint density at radius 3 is 2.57 bits per heavy atom. The second-order valence-corrected chi connectivity index (χ2v) is 11.9. The Morgan fingerprint density at radius 2 is 1.81 bits per heavy atom. The molecule has 0 spiro atoms. The molecular weight excluding hydrogens is 531 g/mol. The Hall–Kier alpha value is -4.20. The SMILES string of the molecule is COC(=O)[C@H]1CCN(c2ccc(-c3nc4c(C5CC5)cc(C(=O)N5CCc6ccccc6[C@H]5C)cc4n3C)c(F)c2)C1. The van der Waals surface area contributed by atoms with Crippen molar-refractivity contribution in [3.05, 3.63) is 82.7 Å². The number of hydrogen-bond acceptors (Lipinski definition) is 5. The molecule has 1 aliphatic carbocycles. The van der Waals surface area contributed by atoms with Gasteiger partial charge >= 0.3 is 5.97 Å². The highest BCUT2D eigenvalue weighted by Crippen LogP contribution is 2.44. The lowest BCUT2D eigenvalue weighted by Gasteiger charge is -2.35. The summed E-state index contributed by atoms with van der Waals surface area (Å²) in [5.74, 6) is 0.144. The Balaban J connectivity index is 1.22. The van der Waals surface area contributed by atoms with Crippen LogP contribution in [0.1, 0.15) is 65.2 Å². The molecule has 8 heteroatoms. The molecule has 0 radical (unpaired) electrons. The first kappa shape index (κ1) is 26.7. The summed E-state index contributed by atoms with van der Waals surface area (Å²) in [5.41, 5.74) is 7.08. The number of aromatic nitrogens is 2. The van der Waals surface area contributed by atoms with Gasteiger partial charge in [-0.25, -0.2) is 9.37 Å². The lowest BCUT2D eigenvalue weighted by atomic mass is 9.92. The van der Waals surface area contributed by atoms with Crippen molar-refractivity contribution < 1.29 is 18.7 Å². The molecular formula is C34H35FN4O3. The van der Waals surface area contributed by atoms with Gasteiger partial charge in [-0.1, -0.05) is 24.3 Å². The van der Waals surface area contributed by atoms with Crippen LogP contribution in [-0.2, 0) is 23.0 Å². The minimum Gasteiger partial charge on any atom is -0.469 e. The highest BCUT2D eigenvalue weighted by molar-refractivity contribution is 5.99. The molecule has 7 rings (SSSR count). The molecule has 2 atom stereocenters. The van der Waals surface area contributed by atoms with Crippen molar-refractivity contribution in [3.63, 3.8) is 0 Å². The molecule has 1 aromatic heterocycles. The van der Waals surface area contributed by atoms with Gasteiger partial charge in [0, 0.05) is 37.9 Å². The van der Waals surface area contributed by atoms with E-state index < -0.39 is 0 Å². The number of methoxy groups -OCH3 is 1. The van der Waals surface area contributed by atoms with Gasteiger partial charge in [-0.2, -0.15) is 0 Å². The molecule has 4 aromatic rings. The summed E-state index contributed by atoms with van der Waals surface area (Å²) >= 11 is 0. The molecule has 1 amide bonds. The number of imidazole rings is 1. The number of hydrogen-bond donors (Lipinski definition) is 0. The summed E-state index contributed by atoms with van der Waals surface area (Å²) in [4.78, 5) is 34.9. The average molecular weight is 567 g/mol. The van der Waals surface area contributed by atoms with Crippen LogP contribution in [0, 0.1) is 11.7 Å². The highest BCUT2D eigenvalue weighted by Gasteiger charge is 2.33. The van der Waals surface area contributed by atoms with E-state index in [9.17, 15) is 9.59 Å². The van der Waals surface area contributed by atoms with E-state index in [1.54, 1.807) is 6.07 Å². The van der Waals surface area contributed by atoms with Gasteiger partial charge in [0.15, 0.2) is 0 Å². The maximum Gasteiger partial charge on any atom is 0.310 e. The van der Waals surface area contributed by atoms with E-state index in [1.165, 1.54) is 24.3 Å². The molecule has 3 aromatic carbocycles. The van der Waals surface area contributed by atoms with Crippen molar-refractivity contribution in [1.29, 1.82) is 0 Å². The topological polar surface area (TPSA) is 67.7 Å². The zero-order valence-electron chi connectivity index (χ0n) is 24.3. The van der Waals surface area contributed by atoms with Gasteiger partial charge in [0.1, 0.15) is 11.6 Å². The number of carbonyl (C=O) groups is 2. The predicted octanol–water partition coefficient (Wildman–Crippen LogP) is 6.02. The monoisotopic (exact) mass is 566 g/mol. The predicted molar refractivity (Wildman–Crippen MR) is 160 cm³/mol. The number of aryl methyl sites for hydroxylation is 1. The van der Waals surface area contributed by atoms with Crippen LogP contribution in [0.5, 0.6) is 0 Å². The lowest BCUT2D eigenvalue weighted by molar-refractivity contribution is -0.144. The van der Waals surface area contributed by atoms with Crippen LogP contribution < -0.4 is 4.90 Å². The number of benzene rings is 3. The van der Waals surface area contributed by atoms with Crippen LogP contribution >= 0.6 is 0 Å². The van der Waals surface area contributed by atoms with Crippen molar-refractivity contribution in [2.75, 3.05) is 31.6 Å². The van der Waals surface area contributed by atoms with E-state index in [0.29, 0.717) is 48.9 Å². The summed E-state index contributed by atoms with van der Waals surface area (Å²) in [6.45, 7) is 3.97. The van der Waals surface area contributed by atoms with Gasteiger partial charge < -0.3 is 19.1 Å². The van der Waals surface area contributed by atoms with Crippen molar-refractivity contribution in [1.82, 2.24) is 14.5 Å². The van der Waals surface area contributed by atoms with E-state index in [4.69, 9.17) is 9.72 Å². The fraction of sp³-hybridized carbons (Fsp3) is 0.382. The Bertz CT molecular complexity index is 1730. The average Bonchev–Trinajstić information content (AvgIpc) is 3.64. The lowest BCUT2D eigenvalue weighted by Crippen LogP contribution is -2.38. The molecule has 1 saturated heterocycles. The quantitative estimate of drug-likeness (QED) is 0.277. The Morgan fingerprint density at radius 1 is 1.00 bits per heavy atom. The summed E-state index contributed by atoms with van der Waals surface area (Å²) in [7, 11) is 3.29. The second kappa shape index (κ2) is 10.3. The number of rotatable bonds is 5. The minimum absolute atomic E-state index is 0.00395. The molecule has 3 aliphatic rings. The summed E-state index contributed by atoms with van der Waals surface area (Å²) in [6.07, 6.45) is 3.67. The van der Waals surface area contributed by atoms with E-state index in [2.05, 4.69) is 25.1 Å². The molecule has 7 nitrogen and oxygen atoms in total. The summed E-state index contributed by atoms with van der Waals surface area (Å²) < 4.78 is 22.5. The zero-order chi connectivity index (χ0) is 29.1. The largest absolute Gasteiger partial charge is 0.469 e. The standard InChI is InChI=1S/C34H35FN4O3/c1-20-26-7-5-4-6-21(26)13-15-39(20)33(40)24-16-28(22-8-9-22)31-30(17-24)37(2)32(36-31)27-11-10-25(18-29(27)35)38-14-12-23(19-38)34(41)42-3/h4-7,10-11,16-18,20,22-23H,8-9,12-15,19H2,1-3H3/t20-,23+/m1/s1. The number of esters is 1. The van der Waals surface area contributed by atoms with E-state index in [-0.39, 0.29) is 29.7 Å². The number of fused-ring (bicyclic) bond motifs is 2. The Labute approximate surface area is 244 Å². The van der Waals surface area contributed by atoms with Gasteiger partial charge in [0.25, 0.3) is 5.91 Å². The van der Waals surface area contributed by atoms with E-state index >= 15 is 4.39 Å². The molecule has 3 heterocycles. The first-order chi connectivity index (χ1) is 20.3. The molecule has 0 bridgehead atoms. The number of amides is 1. The summed E-state index contributed by atoms with van der Waals surface area (Å²) in [6, 6.07) is 17.5. The van der Waals surface area contributed by atoms with Crippen molar-refractivity contribution in [2.24, 2.45) is 13.0 Å². The summed E-state index contributed by atoms with van der Waals surface area (Å²) in [5, 5.41) is 0. The van der Waals surface area contributed by atoms with Gasteiger partial charge in [-0.15, -0.1) is 0 Å².